The molecule has 0 atom stereocenters. The topological polar surface area (TPSA) is 0 Å². The minimum absolute atomic E-state index is 1.03. The molecule has 0 aromatic rings. The molecule has 0 heteroatoms. The van der Waals surface area contributed by atoms with Crippen LogP contribution < -0.4 is 0 Å². The van der Waals surface area contributed by atoms with Crippen LogP contribution in [0, 0.1) is 0 Å². The lowest BCUT2D eigenvalue weighted by molar-refractivity contribution is 1.42. The molecule has 0 aromatic heterocycles. The van der Waals surface area contributed by atoms with Crippen molar-refractivity contribution in [3.63, 3.8) is 0 Å². The smallest absolute Gasteiger partial charge is 0.0237 e. The van der Waals surface area contributed by atoms with E-state index in [1.54, 1.807) is 6.08 Å². The fourth-order valence-electron chi connectivity index (χ4n) is 0.622. The van der Waals surface area contributed by atoms with Crippen LogP contribution in [-0.4, -0.2) is 0 Å². The first-order valence-electron chi connectivity index (χ1n) is 3.23. The van der Waals surface area contributed by atoms with Crippen LogP contribution in [0.1, 0.15) is 13.8 Å². The number of allylic oxidation sites excluding steroid dienone is 5. The molecular weight excluding hydrogens is 120 g/mol. The lowest BCUT2D eigenvalue weighted by Gasteiger charge is -1.98. The molecule has 0 nitrogen and oxygen atoms in total. The van der Waals surface area contributed by atoms with E-state index in [0.29, 0.717) is 0 Å². The maximum Gasteiger partial charge on any atom is -0.0237 e. The first-order valence-corrected chi connectivity index (χ1v) is 3.23. The average molecular weight is 134 g/mol. The van der Waals surface area contributed by atoms with Crippen LogP contribution in [0.4, 0.5) is 0 Å². The van der Waals surface area contributed by atoms with Gasteiger partial charge in [-0.15, -0.1) is 0 Å². The molecule has 10 heavy (non-hydrogen) atoms. The van der Waals surface area contributed by atoms with Gasteiger partial charge >= 0.3 is 0 Å². The Morgan fingerprint density at radius 2 is 1.70 bits per heavy atom. The van der Waals surface area contributed by atoms with Crippen LogP contribution in [0.3, 0.4) is 0 Å². The predicted molar refractivity (Wildman–Crippen MR) is 47.9 cm³/mol. The van der Waals surface area contributed by atoms with E-state index >= 15 is 0 Å². The van der Waals surface area contributed by atoms with Crippen LogP contribution >= 0.6 is 0 Å². The van der Waals surface area contributed by atoms with Gasteiger partial charge in [0.1, 0.15) is 0 Å². The molecule has 0 saturated carbocycles. The van der Waals surface area contributed by atoms with Gasteiger partial charge in [0, 0.05) is 0 Å². The highest BCUT2D eigenvalue weighted by Crippen LogP contribution is 2.09. The van der Waals surface area contributed by atoms with E-state index in [-0.39, 0.29) is 0 Å². The zero-order chi connectivity index (χ0) is 8.15. The van der Waals surface area contributed by atoms with Gasteiger partial charge < -0.3 is 0 Å². The first kappa shape index (κ1) is 8.96. The van der Waals surface area contributed by atoms with E-state index in [2.05, 4.69) is 19.7 Å². The molecule has 0 aliphatic heterocycles. The number of rotatable bonds is 3. The second-order valence-electron chi connectivity index (χ2n) is 2.43. The van der Waals surface area contributed by atoms with Crippen molar-refractivity contribution in [3.8, 4) is 0 Å². The molecule has 0 unspecified atom stereocenters. The third-order valence-electron chi connectivity index (χ3n) is 1.11. The zero-order valence-electron chi connectivity index (χ0n) is 6.78. The van der Waals surface area contributed by atoms with Crippen LogP contribution in [0.15, 0.2) is 48.6 Å². The molecule has 0 radical (unpaired) electrons. The average Bonchev–Trinajstić information content (AvgIpc) is 1.81. The summed E-state index contributed by atoms with van der Waals surface area (Å²) in [4.78, 5) is 0. The summed E-state index contributed by atoms with van der Waals surface area (Å²) in [7, 11) is 0. The van der Waals surface area contributed by atoms with Crippen molar-refractivity contribution in [1.82, 2.24) is 0 Å². The molecular formula is C10H14. The first-order chi connectivity index (χ1) is 4.57. The molecule has 0 aromatic carbocycles. The highest BCUT2D eigenvalue weighted by atomic mass is 13.9. The second-order valence-corrected chi connectivity index (χ2v) is 2.43. The Morgan fingerprint density at radius 3 is 1.80 bits per heavy atom. The fraction of sp³-hybridized carbons (Fsp3) is 0.200. The molecule has 0 saturated heterocycles. The summed E-state index contributed by atoms with van der Waals surface area (Å²) in [5.74, 6) is 0. The van der Waals surface area contributed by atoms with E-state index in [9.17, 15) is 0 Å². The highest BCUT2D eigenvalue weighted by Gasteiger charge is 1.89. The summed E-state index contributed by atoms with van der Waals surface area (Å²) in [5, 5.41) is 0. The summed E-state index contributed by atoms with van der Waals surface area (Å²) in [6.45, 7) is 15.1. The Balaban J connectivity index is 4.49. The van der Waals surface area contributed by atoms with Crippen LogP contribution in [0.2, 0.25) is 0 Å². The van der Waals surface area contributed by atoms with Crippen molar-refractivity contribution < 1.29 is 0 Å². The zero-order valence-corrected chi connectivity index (χ0v) is 6.78. The Morgan fingerprint density at radius 1 is 1.20 bits per heavy atom. The van der Waals surface area contributed by atoms with Crippen molar-refractivity contribution in [2.24, 2.45) is 0 Å². The predicted octanol–water partition coefficient (Wildman–Crippen LogP) is 3.25. The number of hydrogen-bond acceptors (Lipinski definition) is 0. The fourth-order valence-corrected chi connectivity index (χ4v) is 0.622. The third-order valence-corrected chi connectivity index (χ3v) is 1.11. The maximum absolute atomic E-state index is 3.80. The van der Waals surface area contributed by atoms with Crippen molar-refractivity contribution in [3.05, 3.63) is 48.6 Å². The van der Waals surface area contributed by atoms with Crippen molar-refractivity contribution >= 4 is 0 Å². The molecule has 0 aliphatic carbocycles. The molecule has 0 N–H and O–H groups in total. The van der Waals surface area contributed by atoms with Gasteiger partial charge in [-0.3, -0.25) is 0 Å². The minimum Gasteiger partial charge on any atom is -0.0985 e. The van der Waals surface area contributed by atoms with Gasteiger partial charge in [-0.25, -0.2) is 0 Å². The van der Waals surface area contributed by atoms with Crippen LogP contribution in [-0.2, 0) is 0 Å². The molecule has 0 spiro atoms. The Bertz CT molecular complexity index is 192. The SMILES string of the molecule is C=C/C(=C/C(=C)C)C(=C)C. The van der Waals surface area contributed by atoms with E-state index in [1.807, 2.05) is 19.9 Å². The van der Waals surface area contributed by atoms with E-state index in [1.165, 1.54) is 0 Å². The maximum atomic E-state index is 3.80. The van der Waals surface area contributed by atoms with Crippen molar-refractivity contribution in [1.29, 1.82) is 0 Å². The molecule has 0 aliphatic rings. The van der Waals surface area contributed by atoms with Crippen LogP contribution in [0.25, 0.3) is 0 Å². The van der Waals surface area contributed by atoms with Gasteiger partial charge in [0.05, 0.1) is 0 Å². The lowest BCUT2D eigenvalue weighted by atomic mass is 10.1. The highest BCUT2D eigenvalue weighted by molar-refractivity contribution is 5.39. The van der Waals surface area contributed by atoms with Crippen molar-refractivity contribution in [2.75, 3.05) is 0 Å². The molecule has 0 amide bonds. The summed E-state index contributed by atoms with van der Waals surface area (Å²) in [6, 6.07) is 0. The normalized spacial score (nSPS) is 10.8. The Kier molecular flexibility index (Phi) is 3.48. The third kappa shape index (κ3) is 3.08. The monoisotopic (exact) mass is 134 g/mol. The van der Waals surface area contributed by atoms with Crippen LogP contribution in [0.5, 0.6) is 0 Å². The van der Waals surface area contributed by atoms with Crippen molar-refractivity contribution in [2.45, 2.75) is 13.8 Å². The molecule has 0 bridgehead atoms. The van der Waals surface area contributed by atoms with Gasteiger partial charge in [0.2, 0.25) is 0 Å². The van der Waals surface area contributed by atoms with Gasteiger partial charge in [-0.2, -0.15) is 0 Å². The Labute approximate surface area is 63.3 Å². The van der Waals surface area contributed by atoms with Gasteiger partial charge in [0.15, 0.2) is 0 Å². The largest absolute Gasteiger partial charge is 0.0985 e. The van der Waals surface area contributed by atoms with Gasteiger partial charge in [0.25, 0.3) is 0 Å². The summed E-state index contributed by atoms with van der Waals surface area (Å²) >= 11 is 0. The number of hydrogen-bond donors (Lipinski definition) is 0. The summed E-state index contributed by atoms with van der Waals surface area (Å²) in [6.07, 6.45) is 3.76. The van der Waals surface area contributed by atoms with Gasteiger partial charge in [-0.05, 0) is 19.4 Å². The van der Waals surface area contributed by atoms with Gasteiger partial charge in [-0.1, -0.05) is 43.0 Å². The summed E-state index contributed by atoms with van der Waals surface area (Å²) in [5.41, 5.74) is 3.11. The standard InChI is InChI=1S/C10H14/c1-6-10(9(4)5)7-8(2)3/h6-7H,1-2,4H2,3,5H3/b10-7-. The lowest BCUT2D eigenvalue weighted by Crippen LogP contribution is -1.78. The molecule has 0 rings (SSSR count). The Hall–Kier alpha value is -1.04. The van der Waals surface area contributed by atoms with E-state index < -0.39 is 0 Å². The molecule has 54 valence electrons. The van der Waals surface area contributed by atoms with E-state index in [0.717, 1.165) is 16.7 Å². The van der Waals surface area contributed by atoms with E-state index in [4.69, 9.17) is 0 Å². The minimum atomic E-state index is 1.03. The molecule has 0 heterocycles. The molecule has 0 fully saturated rings. The quantitative estimate of drug-likeness (QED) is 0.520. The second kappa shape index (κ2) is 3.89. The summed E-state index contributed by atoms with van der Waals surface area (Å²) < 4.78 is 0.